The molecule has 1 rings (SSSR count). The number of alkyl halides is 3. The minimum absolute atomic E-state index is 0.370. The lowest BCUT2D eigenvalue weighted by Crippen LogP contribution is -2.37. The van der Waals surface area contributed by atoms with E-state index in [9.17, 15) is 22.8 Å². The van der Waals surface area contributed by atoms with Crippen LogP contribution >= 0.6 is 0 Å². The summed E-state index contributed by atoms with van der Waals surface area (Å²) in [6, 6.07) is 2.38. The molecule has 0 saturated heterocycles. The van der Waals surface area contributed by atoms with Gasteiger partial charge in [-0.1, -0.05) is 0 Å². The Kier molecular flexibility index (Phi) is 3.89. The van der Waals surface area contributed by atoms with Crippen molar-refractivity contribution in [3.63, 3.8) is 0 Å². The molecule has 0 aliphatic heterocycles. The maximum absolute atomic E-state index is 12.1. The standard InChI is InChI=1S/C10H9F3N2O3/c1-15(5-10(11,12)13)8(16)7-6(9(17)18)3-2-4-14-7/h2-4H,5H2,1H3,(H,17,18). The van der Waals surface area contributed by atoms with Gasteiger partial charge in [0.15, 0.2) is 0 Å². The number of carboxylic acid groups (broad SMARTS) is 1. The Hall–Kier alpha value is -2.12. The van der Waals surface area contributed by atoms with Crippen LogP contribution in [0.4, 0.5) is 13.2 Å². The fourth-order valence-corrected chi connectivity index (χ4v) is 1.27. The predicted octanol–water partition coefficient (Wildman–Crippen LogP) is 1.41. The summed E-state index contributed by atoms with van der Waals surface area (Å²) in [5, 5.41) is 8.80. The van der Waals surface area contributed by atoms with Crippen molar-refractivity contribution >= 4 is 11.9 Å². The van der Waals surface area contributed by atoms with Gasteiger partial charge in [-0.3, -0.25) is 9.78 Å². The lowest BCUT2D eigenvalue weighted by atomic mass is 10.2. The topological polar surface area (TPSA) is 70.5 Å². The summed E-state index contributed by atoms with van der Waals surface area (Å²) in [6.07, 6.45) is -3.41. The Morgan fingerprint density at radius 2 is 2.06 bits per heavy atom. The number of amides is 1. The lowest BCUT2D eigenvalue weighted by Gasteiger charge is -2.19. The average Bonchev–Trinajstić information content (AvgIpc) is 2.25. The molecule has 0 atom stereocenters. The zero-order valence-electron chi connectivity index (χ0n) is 9.23. The van der Waals surface area contributed by atoms with Crippen LogP contribution in [0.2, 0.25) is 0 Å². The van der Waals surface area contributed by atoms with Gasteiger partial charge in [-0.15, -0.1) is 0 Å². The maximum atomic E-state index is 12.1. The van der Waals surface area contributed by atoms with Gasteiger partial charge in [0, 0.05) is 13.2 Å². The summed E-state index contributed by atoms with van der Waals surface area (Å²) in [5.41, 5.74) is -0.951. The monoisotopic (exact) mass is 262 g/mol. The summed E-state index contributed by atoms with van der Waals surface area (Å²) in [4.78, 5) is 26.3. The Labute approximate surface area is 99.8 Å². The van der Waals surface area contributed by atoms with Crippen molar-refractivity contribution in [1.82, 2.24) is 9.88 Å². The molecule has 0 aliphatic rings. The Bertz CT molecular complexity index is 474. The second-order valence-corrected chi connectivity index (χ2v) is 3.48. The molecule has 1 N–H and O–H groups in total. The molecule has 5 nitrogen and oxygen atoms in total. The maximum Gasteiger partial charge on any atom is 0.406 e. The molecule has 1 aromatic rings. The van der Waals surface area contributed by atoms with Crippen molar-refractivity contribution in [1.29, 1.82) is 0 Å². The smallest absolute Gasteiger partial charge is 0.406 e. The van der Waals surface area contributed by atoms with E-state index in [0.29, 0.717) is 4.90 Å². The number of carbonyl (C=O) groups is 2. The van der Waals surface area contributed by atoms with Gasteiger partial charge in [-0.05, 0) is 12.1 Å². The van der Waals surface area contributed by atoms with E-state index in [-0.39, 0.29) is 0 Å². The van der Waals surface area contributed by atoms with E-state index in [4.69, 9.17) is 5.11 Å². The third-order valence-electron chi connectivity index (χ3n) is 2.00. The van der Waals surface area contributed by atoms with E-state index >= 15 is 0 Å². The minimum atomic E-state index is -4.55. The molecule has 0 radical (unpaired) electrons. The summed E-state index contributed by atoms with van der Waals surface area (Å²) >= 11 is 0. The van der Waals surface area contributed by atoms with Gasteiger partial charge in [0.2, 0.25) is 0 Å². The van der Waals surface area contributed by atoms with Gasteiger partial charge in [-0.2, -0.15) is 13.2 Å². The number of aromatic carboxylic acids is 1. The molecule has 0 bridgehead atoms. The third kappa shape index (κ3) is 3.44. The summed E-state index contributed by atoms with van der Waals surface area (Å²) in [6.45, 7) is -1.47. The number of hydrogen-bond donors (Lipinski definition) is 1. The molecule has 18 heavy (non-hydrogen) atoms. The second-order valence-electron chi connectivity index (χ2n) is 3.48. The first-order chi connectivity index (χ1) is 8.22. The Morgan fingerprint density at radius 3 is 2.56 bits per heavy atom. The van der Waals surface area contributed by atoms with Crippen LogP contribution in [-0.2, 0) is 0 Å². The van der Waals surface area contributed by atoms with Crippen LogP contribution < -0.4 is 0 Å². The minimum Gasteiger partial charge on any atom is -0.478 e. The quantitative estimate of drug-likeness (QED) is 0.894. The van der Waals surface area contributed by atoms with Crippen LogP contribution in [0.15, 0.2) is 18.3 Å². The van der Waals surface area contributed by atoms with Crippen LogP contribution in [-0.4, -0.2) is 46.6 Å². The molecule has 1 amide bonds. The van der Waals surface area contributed by atoms with Crippen molar-refractivity contribution in [2.45, 2.75) is 6.18 Å². The van der Waals surface area contributed by atoms with Crippen molar-refractivity contribution in [2.24, 2.45) is 0 Å². The molecule has 98 valence electrons. The number of rotatable bonds is 3. The number of aromatic nitrogens is 1. The van der Waals surface area contributed by atoms with Gasteiger partial charge in [0.1, 0.15) is 12.2 Å². The molecule has 1 aromatic heterocycles. The molecule has 8 heteroatoms. The molecule has 0 fully saturated rings. The predicted molar refractivity (Wildman–Crippen MR) is 54.2 cm³/mol. The highest BCUT2D eigenvalue weighted by atomic mass is 19.4. The number of nitrogens with zero attached hydrogens (tertiary/aromatic N) is 2. The van der Waals surface area contributed by atoms with Gasteiger partial charge >= 0.3 is 12.1 Å². The Balaban J connectivity index is 3.01. The van der Waals surface area contributed by atoms with Gasteiger partial charge in [-0.25, -0.2) is 4.79 Å². The molecular formula is C10H9F3N2O3. The van der Waals surface area contributed by atoms with Gasteiger partial charge in [0.05, 0.1) is 5.56 Å². The fourth-order valence-electron chi connectivity index (χ4n) is 1.27. The normalized spacial score (nSPS) is 11.1. The van der Waals surface area contributed by atoms with E-state index in [1.54, 1.807) is 0 Å². The SMILES string of the molecule is CN(CC(F)(F)F)C(=O)c1ncccc1C(=O)O. The molecular weight excluding hydrogens is 253 g/mol. The number of hydrogen-bond acceptors (Lipinski definition) is 3. The van der Waals surface area contributed by atoms with Crippen LogP contribution in [0.1, 0.15) is 20.8 Å². The number of carbonyl (C=O) groups excluding carboxylic acids is 1. The highest BCUT2D eigenvalue weighted by Crippen LogP contribution is 2.17. The molecule has 1 heterocycles. The van der Waals surface area contributed by atoms with E-state index in [0.717, 1.165) is 19.3 Å². The van der Waals surface area contributed by atoms with Crippen molar-refractivity contribution < 1.29 is 27.9 Å². The first kappa shape index (κ1) is 13.9. The first-order valence-corrected chi connectivity index (χ1v) is 4.73. The summed E-state index contributed by atoms with van der Waals surface area (Å²) in [7, 11) is 0.927. The Morgan fingerprint density at radius 1 is 1.44 bits per heavy atom. The number of carboxylic acids is 1. The number of pyridine rings is 1. The van der Waals surface area contributed by atoms with E-state index in [1.165, 1.54) is 6.07 Å². The fraction of sp³-hybridized carbons (Fsp3) is 0.300. The highest BCUT2D eigenvalue weighted by Gasteiger charge is 2.32. The van der Waals surface area contributed by atoms with Crippen molar-refractivity contribution in [3.8, 4) is 0 Å². The zero-order valence-corrected chi connectivity index (χ0v) is 9.23. The van der Waals surface area contributed by atoms with Gasteiger partial charge in [0.25, 0.3) is 5.91 Å². The van der Waals surface area contributed by atoms with Crippen LogP contribution in [0.3, 0.4) is 0 Å². The van der Waals surface area contributed by atoms with E-state index < -0.39 is 35.9 Å². The largest absolute Gasteiger partial charge is 0.478 e. The zero-order chi connectivity index (χ0) is 13.9. The van der Waals surface area contributed by atoms with Crippen LogP contribution in [0, 0.1) is 0 Å². The van der Waals surface area contributed by atoms with Crippen LogP contribution in [0.25, 0.3) is 0 Å². The number of halogens is 3. The summed E-state index contributed by atoms with van der Waals surface area (Å²) < 4.78 is 36.3. The molecule has 0 saturated carbocycles. The van der Waals surface area contributed by atoms with E-state index in [1.807, 2.05) is 0 Å². The van der Waals surface area contributed by atoms with Crippen LogP contribution in [0.5, 0.6) is 0 Å². The van der Waals surface area contributed by atoms with Crippen molar-refractivity contribution in [3.05, 3.63) is 29.6 Å². The molecule has 0 aliphatic carbocycles. The van der Waals surface area contributed by atoms with Gasteiger partial charge < -0.3 is 10.0 Å². The summed E-state index contributed by atoms with van der Waals surface area (Å²) in [5.74, 6) is -2.52. The second kappa shape index (κ2) is 5.03. The lowest BCUT2D eigenvalue weighted by molar-refractivity contribution is -0.138. The molecule has 0 unspecified atom stereocenters. The molecule has 0 spiro atoms. The third-order valence-corrected chi connectivity index (χ3v) is 2.00. The van der Waals surface area contributed by atoms with E-state index in [2.05, 4.69) is 4.98 Å². The highest BCUT2D eigenvalue weighted by molar-refractivity contribution is 6.03. The first-order valence-electron chi connectivity index (χ1n) is 4.73. The van der Waals surface area contributed by atoms with Crippen molar-refractivity contribution in [2.75, 3.05) is 13.6 Å². The molecule has 0 aromatic carbocycles. The average molecular weight is 262 g/mol.